The Balaban J connectivity index is 1.31. The number of hydrogen-bond acceptors (Lipinski definition) is 5. The van der Waals surface area contributed by atoms with E-state index in [0.29, 0.717) is 17.3 Å². The van der Waals surface area contributed by atoms with E-state index >= 15 is 0 Å². The second-order valence-corrected chi connectivity index (χ2v) is 15.2. The molecule has 0 N–H and O–H groups in total. The number of ether oxygens (including phenoxy) is 1. The van der Waals surface area contributed by atoms with E-state index in [2.05, 4.69) is 48.8 Å². The molecule has 1 heterocycles. The van der Waals surface area contributed by atoms with Crippen LogP contribution in [0.3, 0.4) is 0 Å². The van der Waals surface area contributed by atoms with Crippen LogP contribution in [0, 0.1) is 0 Å². The number of aromatic nitrogens is 2. The molecule has 4 rings (SSSR count). The van der Waals surface area contributed by atoms with Crippen LogP contribution in [0.5, 0.6) is 0 Å². The minimum Gasteiger partial charge on any atom is -0.457 e. The van der Waals surface area contributed by atoms with Crippen LogP contribution in [0.2, 0.25) is 0 Å². The zero-order valence-corrected chi connectivity index (χ0v) is 33.7. The van der Waals surface area contributed by atoms with Gasteiger partial charge in [-0.2, -0.15) is 0 Å². The largest absolute Gasteiger partial charge is 0.457 e. The number of carbonyl (C=O) groups excluding carboxylic acids is 1. The predicted octanol–water partition coefficient (Wildman–Crippen LogP) is 14.7. The van der Waals surface area contributed by atoms with E-state index < -0.39 is 0 Å². The van der Waals surface area contributed by atoms with Gasteiger partial charge in [0.05, 0.1) is 5.56 Å². The van der Waals surface area contributed by atoms with Crippen molar-refractivity contribution in [3.8, 4) is 22.9 Å². The predicted molar refractivity (Wildman–Crippen MR) is 227 cm³/mol. The maximum atomic E-state index is 12.7. The third-order valence-electron chi connectivity index (χ3n) is 10.6. The summed E-state index contributed by atoms with van der Waals surface area (Å²) in [5.41, 5.74) is 6.97. The van der Waals surface area contributed by atoms with Gasteiger partial charge >= 0.3 is 5.97 Å². The van der Waals surface area contributed by atoms with Crippen molar-refractivity contribution in [3.63, 3.8) is 0 Å². The highest BCUT2D eigenvalue weighted by Gasteiger charge is 2.16. The van der Waals surface area contributed by atoms with Crippen LogP contribution in [-0.4, -0.2) is 16.2 Å². The SMILES string of the molecule is C=Cc1ccc(COC(=O)c2ccc(-c3nnc(-c4ccc(CCCCCCCCCCCCC)cc4CCCCCCCCCCCC)o3)cc2)cc1. The molecule has 0 spiro atoms. The van der Waals surface area contributed by atoms with Crippen molar-refractivity contribution in [3.05, 3.63) is 101 Å². The fraction of sp³-hybridized carbons (Fsp3) is 0.531. The lowest BCUT2D eigenvalue weighted by Crippen LogP contribution is -2.05. The number of unbranched alkanes of at least 4 members (excludes halogenated alkanes) is 19. The minimum atomic E-state index is -0.370. The molecular formula is C49H68N2O3. The Kier molecular flexibility index (Phi) is 20.5. The van der Waals surface area contributed by atoms with E-state index in [-0.39, 0.29) is 12.6 Å². The fourth-order valence-electron chi connectivity index (χ4n) is 7.19. The summed E-state index contributed by atoms with van der Waals surface area (Å²) in [4.78, 5) is 12.7. The zero-order chi connectivity index (χ0) is 38.1. The number of carbonyl (C=O) groups is 1. The van der Waals surface area contributed by atoms with Gasteiger partial charge in [-0.3, -0.25) is 0 Å². The van der Waals surface area contributed by atoms with Gasteiger partial charge in [0.2, 0.25) is 11.8 Å². The van der Waals surface area contributed by atoms with Gasteiger partial charge in [0.15, 0.2) is 0 Å². The molecule has 4 aromatic rings. The lowest BCUT2D eigenvalue weighted by Gasteiger charge is -2.10. The second kappa shape index (κ2) is 25.9. The van der Waals surface area contributed by atoms with Gasteiger partial charge in [-0.1, -0.05) is 185 Å². The fourth-order valence-corrected chi connectivity index (χ4v) is 7.19. The van der Waals surface area contributed by atoms with E-state index in [0.717, 1.165) is 35.1 Å². The molecule has 0 unspecified atom stereocenters. The Bertz CT molecular complexity index is 1600. The van der Waals surface area contributed by atoms with Gasteiger partial charge in [-0.05, 0) is 78.3 Å². The van der Waals surface area contributed by atoms with Crippen LogP contribution in [0.4, 0.5) is 0 Å². The van der Waals surface area contributed by atoms with Gasteiger partial charge in [-0.25, -0.2) is 4.79 Å². The zero-order valence-electron chi connectivity index (χ0n) is 33.7. The molecule has 1 aromatic heterocycles. The molecule has 0 amide bonds. The van der Waals surface area contributed by atoms with Crippen molar-refractivity contribution < 1.29 is 13.9 Å². The Morgan fingerprint density at radius 2 is 1.09 bits per heavy atom. The molecule has 0 saturated heterocycles. The first-order chi connectivity index (χ1) is 26.6. The summed E-state index contributed by atoms with van der Waals surface area (Å²) >= 11 is 0. The van der Waals surface area contributed by atoms with E-state index in [4.69, 9.17) is 9.15 Å². The summed E-state index contributed by atoms with van der Waals surface area (Å²) in [6, 6.07) is 21.8. The van der Waals surface area contributed by atoms with Gasteiger partial charge in [-0.15, -0.1) is 10.2 Å². The van der Waals surface area contributed by atoms with Crippen molar-refractivity contribution in [1.29, 1.82) is 0 Å². The third kappa shape index (κ3) is 15.8. The molecule has 0 saturated carbocycles. The number of esters is 1. The van der Waals surface area contributed by atoms with Crippen molar-refractivity contribution in [2.75, 3.05) is 0 Å². The minimum absolute atomic E-state index is 0.213. The lowest BCUT2D eigenvalue weighted by atomic mass is 9.95. The second-order valence-electron chi connectivity index (χ2n) is 15.2. The Morgan fingerprint density at radius 1 is 0.593 bits per heavy atom. The van der Waals surface area contributed by atoms with Crippen LogP contribution in [0.15, 0.2) is 77.7 Å². The molecule has 0 aliphatic carbocycles. The summed E-state index contributed by atoms with van der Waals surface area (Å²) in [7, 11) is 0. The molecule has 5 nitrogen and oxygen atoms in total. The molecule has 0 fully saturated rings. The van der Waals surface area contributed by atoms with Gasteiger partial charge in [0.25, 0.3) is 0 Å². The van der Waals surface area contributed by atoms with Crippen LogP contribution in [-0.2, 0) is 24.2 Å². The molecule has 0 bridgehead atoms. The molecule has 0 radical (unpaired) electrons. The summed E-state index contributed by atoms with van der Waals surface area (Å²) < 4.78 is 11.8. The van der Waals surface area contributed by atoms with E-state index in [1.807, 2.05) is 36.4 Å². The number of aryl methyl sites for hydroxylation is 2. The average Bonchev–Trinajstić information content (AvgIpc) is 3.70. The molecule has 0 atom stereocenters. The van der Waals surface area contributed by atoms with Crippen LogP contribution in [0.1, 0.15) is 181 Å². The van der Waals surface area contributed by atoms with Gasteiger partial charge < -0.3 is 9.15 Å². The summed E-state index contributed by atoms with van der Waals surface area (Å²) in [6.07, 6.45) is 32.2. The molecule has 3 aromatic carbocycles. The van der Waals surface area contributed by atoms with Crippen molar-refractivity contribution >= 4 is 12.0 Å². The highest BCUT2D eigenvalue weighted by Crippen LogP contribution is 2.30. The van der Waals surface area contributed by atoms with E-state index in [1.165, 1.54) is 146 Å². The highest BCUT2D eigenvalue weighted by atomic mass is 16.5. The van der Waals surface area contributed by atoms with Crippen molar-refractivity contribution in [2.24, 2.45) is 0 Å². The first-order valence-corrected chi connectivity index (χ1v) is 21.6. The Hall–Kier alpha value is -3.99. The van der Waals surface area contributed by atoms with Crippen LogP contribution in [0.25, 0.3) is 29.0 Å². The molecule has 54 heavy (non-hydrogen) atoms. The normalized spacial score (nSPS) is 11.2. The molecule has 0 aliphatic rings. The first-order valence-electron chi connectivity index (χ1n) is 21.6. The van der Waals surface area contributed by atoms with E-state index in [1.54, 1.807) is 18.2 Å². The molecule has 292 valence electrons. The van der Waals surface area contributed by atoms with Gasteiger partial charge in [0.1, 0.15) is 6.61 Å². The summed E-state index contributed by atoms with van der Waals surface area (Å²) in [6.45, 7) is 8.56. The quantitative estimate of drug-likeness (QED) is 0.0411. The van der Waals surface area contributed by atoms with Gasteiger partial charge in [0, 0.05) is 11.1 Å². The Labute approximate surface area is 327 Å². The monoisotopic (exact) mass is 733 g/mol. The van der Waals surface area contributed by atoms with E-state index in [9.17, 15) is 4.79 Å². The average molecular weight is 733 g/mol. The molecule has 0 aliphatic heterocycles. The number of rotatable bonds is 29. The highest BCUT2D eigenvalue weighted by molar-refractivity contribution is 5.89. The Morgan fingerprint density at radius 3 is 1.65 bits per heavy atom. The third-order valence-corrected chi connectivity index (χ3v) is 10.6. The summed E-state index contributed by atoms with van der Waals surface area (Å²) in [5.74, 6) is 0.631. The number of benzene rings is 3. The summed E-state index contributed by atoms with van der Waals surface area (Å²) in [5, 5.41) is 8.92. The standard InChI is InChI=1S/C49H68N2O3/c1-4-7-9-11-13-15-17-18-20-22-24-26-41-32-37-46(45(38-41)27-25-23-21-19-16-14-12-10-8-5-2)48-51-50-47(54-48)43-33-35-44(36-34-43)49(52)53-39-42-30-28-40(6-3)29-31-42/h6,28-38H,3-5,7-27,39H2,1-2H3. The number of hydrogen-bond donors (Lipinski definition) is 0. The van der Waals surface area contributed by atoms with Crippen molar-refractivity contribution in [2.45, 2.75) is 168 Å². The smallest absolute Gasteiger partial charge is 0.338 e. The van der Waals surface area contributed by atoms with Crippen LogP contribution < -0.4 is 0 Å². The lowest BCUT2D eigenvalue weighted by molar-refractivity contribution is 0.0472. The maximum absolute atomic E-state index is 12.7. The maximum Gasteiger partial charge on any atom is 0.338 e. The first kappa shape index (κ1) is 42.7. The van der Waals surface area contributed by atoms with Crippen molar-refractivity contribution in [1.82, 2.24) is 10.2 Å². The number of nitrogens with zero attached hydrogens (tertiary/aromatic N) is 2. The topological polar surface area (TPSA) is 65.2 Å². The van der Waals surface area contributed by atoms with Crippen LogP contribution >= 0.6 is 0 Å². The molecule has 5 heteroatoms. The molecular weight excluding hydrogens is 665 g/mol.